The second-order valence-electron chi connectivity index (χ2n) is 9.62. The Morgan fingerprint density at radius 3 is 2.26 bits per heavy atom. The highest BCUT2D eigenvalue weighted by Gasteiger charge is 2.29. The first-order chi connectivity index (χ1) is 18.5. The van der Waals surface area contributed by atoms with Crippen LogP contribution >= 0.6 is 22.6 Å². The van der Waals surface area contributed by atoms with E-state index in [2.05, 4.69) is 32.8 Å². The molecule has 1 saturated heterocycles. The van der Waals surface area contributed by atoms with E-state index in [1.807, 2.05) is 24.3 Å². The number of methoxy groups -OCH3 is 1. The Labute approximate surface area is 239 Å². The molecule has 2 aromatic carbocycles. The summed E-state index contributed by atoms with van der Waals surface area (Å²) in [5.74, 6) is 1.96. The van der Waals surface area contributed by atoms with Crippen LogP contribution in [0.25, 0.3) is 0 Å². The van der Waals surface area contributed by atoms with Crippen molar-refractivity contribution in [3.63, 3.8) is 0 Å². The number of amides is 1. The summed E-state index contributed by atoms with van der Waals surface area (Å²) in [7, 11) is 1.60. The van der Waals surface area contributed by atoms with E-state index in [0.717, 1.165) is 30.9 Å². The highest BCUT2D eigenvalue weighted by Crippen LogP contribution is 2.23. The lowest BCUT2D eigenvalue weighted by Gasteiger charge is -2.29. The number of halogens is 1. The average molecular weight is 641 g/mol. The molecule has 0 bridgehead atoms. The van der Waals surface area contributed by atoms with Gasteiger partial charge in [0.25, 0.3) is 0 Å². The Hall–Kier alpha value is -2.08. The number of rotatable bonds is 17. The Morgan fingerprint density at radius 2 is 1.63 bits per heavy atom. The molecule has 1 fully saturated rings. The summed E-state index contributed by atoms with van der Waals surface area (Å²) in [6.45, 7) is 2.60. The summed E-state index contributed by atoms with van der Waals surface area (Å²) >= 11 is 2.40. The van der Waals surface area contributed by atoms with Crippen LogP contribution in [0.15, 0.2) is 48.5 Å². The van der Waals surface area contributed by atoms with Gasteiger partial charge in [0.1, 0.15) is 23.4 Å². The van der Waals surface area contributed by atoms with Crippen molar-refractivity contribution in [3.8, 4) is 17.2 Å². The Kier molecular flexibility index (Phi) is 13.5. The number of likely N-dealkylation sites (tertiary alicyclic amines) is 1. The molecule has 1 amide bonds. The van der Waals surface area contributed by atoms with Crippen molar-refractivity contribution in [1.29, 1.82) is 0 Å². The quantitative estimate of drug-likeness (QED) is 0.136. The van der Waals surface area contributed by atoms with Crippen LogP contribution in [0.3, 0.4) is 0 Å². The fourth-order valence-electron chi connectivity index (χ4n) is 4.43. The summed E-state index contributed by atoms with van der Waals surface area (Å²) in [5.41, 5.74) is 0.707. The van der Waals surface area contributed by atoms with Gasteiger partial charge in [-0.3, -0.25) is 9.69 Å². The Morgan fingerprint density at radius 1 is 1.00 bits per heavy atom. The van der Waals surface area contributed by atoms with Gasteiger partial charge in [0.15, 0.2) is 0 Å². The van der Waals surface area contributed by atoms with E-state index in [1.54, 1.807) is 31.4 Å². The molecule has 0 aliphatic carbocycles. The fourth-order valence-corrected chi connectivity index (χ4v) is 4.97. The molecule has 1 unspecified atom stereocenters. The number of ether oxygens (including phenoxy) is 3. The molecular formula is C29H41IN2O6. The Balaban J connectivity index is 1.52. The maximum Gasteiger partial charge on any atom is 0.223 e. The van der Waals surface area contributed by atoms with E-state index in [-0.39, 0.29) is 25.0 Å². The zero-order valence-electron chi connectivity index (χ0n) is 22.2. The topological polar surface area (TPSA) is 100 Å². The molecule has 1 heterocycles. The smallest absolute Gasteiger partial charge is 0.223 e. The second kappa shape index (κ2) is 16.8. The van der Waals surface area contributed by atoms with Crippen LogP contribution in [-0.2, 0) is 4.79 Å². The van der Waals surface area contributed by atoms with Gasteiger partial charge < -0.3 is 29.7 Å². The van der Waals surface area contributed by atoms with Crippen LogP contribution in [-0.4, -0.2) is 77.6 Å². The van der Waals surface area contributed by atoms with E-state index in [0.29, 0.717) is 37.4 Å². The number of unbranched alkanes of at least 4 members (excludes halogenated alkanes) is 3. The van der Waals surface area contributed by atoms with Crippen molar-refractivity contribution in [3.05, 3.63) is 54.1 Å². The summed E-state index contributed by atoms with van der Waals surface area (Å²) in [6.07, 6.45) is 4.24. The number of benzene rings is 2. The highest BCUT2D eigenvalue weighted by atomic mass is 127. The molecule has 3 N–H and O–H groups in total. The minimum absolute atomic E-state index is 0.155. The van der Waals surface area contributed by atoms with Gasteiger partial charge in [-0.05, 0) is 65.7 Å². The van der Waals surface area contributed by atoms with Crippen LogP contribution < -0.4 is 19.5 Å². The molecule has 0 saturated carbocycles. The molecule has 38 heavy (non-hydrogen) atoms. The van der Waals surface area contributed by atoms with E-state index in [9.17, 15) is 15.0 Å². The van der Waals surface area contributed by atoms with Crippen molar-refractivity contribution in [1.82, 2.24) is 10.2 Å². The number of aliphatic hydroxyl groups is 2. The van der Waals surface area contributed by atoms with E-state index >= 15 is 0 Å². The average Bonchev–Trinajstić information content (AvgIpc) is 3.35. The third-order valence-electron chi connectivity index (χ3n) is 6.61. The number of carbonyl (C=O) groups is 1. The second-order valence-corrected chi connectivity index (χ2v) is 10.7. The zero-order chi connectivity index (χ0) is 27.2. The van der Waals surface area contributed by atoms with E-state index in [4.69, 9.17) is 14.2 Å². The lowest BCUT2D eigenvalue weighted by molar-refractivity contribution is -0.123. The monoisotopic (exact) mass is 640 g/mol. The third-order valence-corrected chi connectivity index (χ3v) is 7.37. The number of alkyl halides is 1. The molecule has 210 valence electrons. The standard InChI is InChI=1S/C29H41IN2O6/c1-36-24-10-12-26(13-11-24)38-19-15-28(34)31-27(21-32-17-14-23(33)20-32)29(35)22-6-8-25(9-7-22)37-18-5-3-2-4-16-30/h6-13,23,27,29,33,35H,2-5,14-21H2,1H3,(H,31,34)/t23-,27?,29+/m0/s1. The molecule has 0 radical (unpaired) electrons. The first-order valence-electron chi connectivity index (χ1n) is 13.4. The summed E-state index contributed by atoms with van der Waals surface area (Å²) < 4.78 is 17.9. The van der Waals surface area contributed by atoms with Crippen molar-refractivity contribution in [2.45, 2.75) is 56.8 Å². The molecule has 9 heteroatoms. The lowest BCUT2D eigenvalue weighted by atomic mass is 10.0. The summed E-state index contributed by atoms with van der Waals surface area (Å²) in [5, 5.41) is 24.1. The normalized spacial score (nSPS) is 17.1. The third kappa shape index (κ3) is 10.6. The molecule has 3 atom stereocenters. The number of carbonyl (C=O) groups excluding carboxylic acids is 1. The van der Waals surface area contributed by atoms with Crippen LogP contribution in [0.4, 0.5) is 0 Å². The summed E-state index contributed by atoms with van der Waals surface area (Å²) in [6, 6.07) is 14.1. The Bertz CT molecular complexity index is 943. The van der Waals surface area contributed by atoms with Gasteiger partial charge in [0.2, 0.25) is 5.91 Å². The number of aliphatic hydroxyl groups excluding tert-OH is 2. The van der Waals surface area contributed by atoms with Gasteiger partial charge in [-0.2, -0.15) is 0 Å². The van der Waals surface area contributed by atoms with Crippen molar-refractivity contribution in [2.24, 2.45) is 0 Å². The number of nitrogens with one attached hydrogen (secondary N) is 1. The van der Waals surface area contributed by atoms with Crippen molar-refractivity contribution < 1.29 is 29.2 Å². The van der Waals surface area contributed by atoms with Gasteiger partial charge >= 0.3 is 0 Å². The number of hydrogen-bond donors (Lipinski definition) is 3. The van der Waals surface area contributed by atoms with Crippen molar-refractivity contribution in [2.75, 3.05) is 44.4 Å². The maximum atomic E-state index is 12.8. The SMILES string of the molecule is COc1ccc(OCCC(=O)NC(CN2CC[C@H](O)C2)[C@H](O)c2ccc(OCCCCCCI)cc2)cc1. The molecule has 1 aliphatic rings. The van der Waals surface area contributed by atoms with Crippen LogP contribution in [0.1, 0.15) is 50.2 Å². The lowest BCUT2D eigenvalue weighted by Crippen LogP contribution is -2.47. The zero-order valence-corrected chi connectivity index (χ0v) is 24.3. The predicted octanol–water partition coefficient (Wildman–Crippen LogP) is 4.12. The number of hydrogen-bond acceptors (Lipinski definition) is 7. The molecule has 0 spiro atoms. The summed E-state index contributed by atoms with van der Waals surface area (Å²) in [4.78, 5) is 14.8. The van der Waals surface area contributed by atoms with Crippen LogP contribution in [0, 0.1) is 0 Å². The van der Waals surface area contributed by atoms with E-state index < -0.39 is 12.1 Å². The largest absolute Gasteiger partial charge is 0.497 e. The van der Waals surface area contributed by atoms with Gasteiger partial charge in [-0.25, -0.2) is 0 Å². The van der Waals surface area contributed by atoms with Gasteiger partial charge in [0, 0.05) is 19.6 Å². The number of nitrogens with zero attached hydrogens (tertiary/aromatic N) is 1. The van der Waals surface area contributed by atoms with Crippen LogP contribution in [0.5, 0.6) is 17.2 Å². The molecular weight excluding hydrogens is 599 g/mol. The van der Waals surface area contributed by atoms with Gasteiger partial charge in [-0.15, -0.1) is 0 Å². The first kappa shape index (κ1) is 30.5. The fraction of sp³-hybridized carbons (Fsp3) is 0.552. The molecule has 1 aliphatic heterocycles. The van der Waals surface area contributed by atoms with Crippen LogP contribution in [0.2, 0.25) is 0 Å². The minimum Gasteiger partial charge on any atom is -0.497 e. The molecule has 0 aromatic heterocycles. The van der Waals surface area contributed by atoms with Crippen molar-refractivity contribution >= 4 is 28.5 Å². The molecule has 2 aromatic rings. The number of β-amino-alcohol motifs (C(OH)–C–C–N with tert-alkyl or cyclic N) is 1. The van der Waals surface area contributed by atoms with E-state index in [1.165, 1.54) is 17.3 Å². The minimum atomic E-state index is -0.901. The predicted molar refractivity (Wildman–Crippen MR) is 156 cm³/mol. The van der Waals surface area contributed by atoms with Gasteiger partial charge in [-0.1, -0.05) is 47.6 Å². The highest BCUT2D eigenvalue weighted by molar-refractivity contribution is 14.1. The molecule has 3 rings (SSSR count). The van der Waals surface area contributed by atoms with Gasteiger partial charge in [0.05, 0.1) is 38.9 Å². The molecule has 8 nitrogen and oxygen atoms in total. The maximum absolute atomic E-state index is 12.8. The first-order valence-corrected chi connectivity index (χ1v) is 14.9.